The maximum Gasteiger partial charge on any atom is 0.259 e. The van der Waals surface area contributed by atoms with Crippen molar-refractivity contribution in [3.63, 3.8) is 0 Å². The van der Waals surface area contributed by atoms with Gasteiger partial charge in [-0.05, 0) is 41.8 Å². The van der Waals surface area contributed by atoms with Crippen LogP contribution in [0.1, 0.15) is 27.9 Å². The molecule has 0 aromatic heterocycles. The average molecular weight is 402 g/mol. The second kappa shape index (κ2) is 10.8. The van der Waals surface area contributed by atoms with E-state index >= 15 is 0 Å². The van der Waals surface area contributed by atoms with Gasteiger partial charge in [-0.2, -0.15) is 0 Å². The number of benzene rings is 3. The highest BCUT2D eigenvalue weighted by Gasteiger charge is 2.12. The number of rotatable bonds is 9. The molecule has 2 amide bonds. The van der Waals surface area contributed by atoms with Crippen LogP contribution in [0.25, 0.3) is 0 Å². The molecule has 5 heteroatoms. The summed E-state index contributed by atoms with van der Waals surface area (Å²) in [7, 11) is 1.63. The first-order chi connectivity index (χ1) is 14.7. The highest BCUT2D eigenvalue weighted by atomic mass is 16.5. The van der Waals surface area contributed by atoms with E-state index in [1.165, 1.54) is 5.56 Å². The van der Waals surface area contributed by atoms with Crippen molar-refractivity contribution in [3.8, 4) is 5.75 Å². The minimum Gasteiger partial charge on any atom is -0.492 e. The van der Waals surface area contributed by atoms with Crippen molar-refractivity contribution in [2.45, 2.75) is 19.3 Å². The second-order valence-corrected chi connectivity index (χ2v) is 6.90. The molecule has 0 atom stereocenters. The number of hydrogen-bond acceptors (Lipinski definition) is 3. The molecule has 0 aliphatic heterocycles. The Hall–Kier alpha value is -3.60. The minimum absolute atomic E-state index is 0.0104. The SMILES string of the molecule is CNC(=O)CCc1ccc(NC(=O)c2ccccc2OCCc2ccccc2)cc1. The first kappa shape index (κ1) is 21.1. The van der Waals surface area contributed by atoms with Crippen molar-refractivity contribution in [3.05, 3.63) is 95.6 Å². The Balaban J connectivity index is 1.58. The number of carbonyl (C=O) groups is 2. The Labute approximate surface area is 177 Å². The standard InChI is InChI=1S/C25H26N2O3/c1-26-24(28)16-13-20-11-14-21(15-12-20)27-25(29)22-9-5-6-10-23(22)30-18-17-19-7-3-2-4-8-19/h2-12,14-15H,13,16-18H2,1H3,(H,26,28)(H,27,29). The molecule has 0 spiro atoms. The lowest BCUT2D eigenvalue weighted by Gasteiger charge is -2.12. The van der Waals surface area contributed by atoms with Crippen LogP contribution in [0.15, 0.2) is 78.9 Å². The van der Waals surface area contributed by atoms with Gasteiger partial charge in [0.1, 0.15) is 5.75 Å². The fourth-order valence-corrected chi connectivity index (χ4v) is 3.04. The maximum absolute atomic E-state index is 12.8. The second-order valence-electron chi connectivity index (χ2n) is 6.90. The number of hydrogen-bond donors (Lipinski definition) is 2. The van der Waals surface area contributed by atoms with Gasteiger partial charge >= 0.3 is 0 Å². The zero-order valence-corrected chi connectivity index (χ0v) is 17.1. The van der Waals surface area contributed by atoms with Crippen molar-refractivity contribution in [2.24, 2.45) is 0 Å². The quantitative estimate of drug-likeness (QED) is 0.563. The molecule has 3 rings (SSSR count). The zero-order valence-electron chi connectivity index (χ0n) is 17.1. The Bertz CT molecular complexity index is 969. The summed E-state index contributed by atoms with van der Waals surface area (Å²) < 4.78 is 5.89. The molecule has 0 bridgehead atoms. The summed E-state index contributed by atoms with van der Waals surface area (Å²) in [6.07, 6.45) is 1.87. The smallest absolute Gasteiger partial charge is 0.259 e. The lowest BCUT2D eigenvalue weighted by Crippen LogP contribution is -2.18. The normalized spacial score (nSPS) is 10.3. The van der Waals surface area contributed by atoms with Crippen LogP contribution in [0.3, 0.4) is 0 Å². The van der Waals surface area contributed by atoms with Gasteiger partial charge in [0.05, 0.1) is 12.2 Å². The summed E-state index contributed by atoms with van der Waals surface area (Å²) in [5.74, 6) is 0.354. The molecule has 3 aromatic carbocycles. The minimum atomic E-state index is -0.219. The highest BCUT2D eigenvalue weighted by Crippen LogP contribution is 2.20. The molecule has 0 radical (unpaired) electrons. The molecule has 0 saturated carbocycles. The summed E-state index contributed by atoms with van der Waals surface area (Å²) in [5, 5.41) is 5.52. The number of carbonyl (C=O) groups excluding carboxylic acids is 2. The summed E-state index contributed by atoms with van der Waals surface area (Å²) in [6.45, 7) is 0.494. The number of ether oxygens (including phenoxy) is 1. The molecule has 3 aromatic rings. The van der Waals surface area contributed by atoms with E-state index in [1.807, 2.05) is 60.7 Å². The molecular weight excluding hydrogens is 376 g/mol. The maximum atomic E-state index is 12.8. The van der Waals surface area contributed by atoms with Gasteiger partial charge in [0.25, 0.3) is 5.91 Å². The third kappa shape index (κ3) is 6.21. The van der Waals surface area contributed by atoms with Crippen LogP contribution in [0.2, 0.25) is 0 Å². The van der Waals surface area contributed by atoms with Crippen molar-refractivity contribution in [1.29, 1.82) is 0 Å². The van der Waals surface area contributed by atoms with E-state index in [0.717, 1.165) is 12.0 Å². The van der Waals surface area contributed by atoms with Gasteiger partial charge in [-0.1, -0.05) is 54.6 Å². The summed E-state index contributed by atoms with van der Waals surface area (Å²) >= 11 is 0. The van der Waals surface area contributed by atoms with Crippen LogP contribution in [-0.4, -0.2) is 25.5 Å². The van der Waals surface area contributed by atoms with Crippen LogP contribution >= 0.6 is 0 Å². The Kier molecular flexibility index (Phi) is 7.61. The predicted octanol–water partition coefficient (Wildman–Crippen LogP) is 4.24. The molecule has 5 nitrogen and oxygen atoms in total. The van der Waals surface area contributed by atoms with Crippen LogP contribution in [0.5, 0.6) is 5.75 Å². The number of nitrogens with one attached hydrogen (secondary N) is 2. The van der Waals surface area contributed by atoms with Gasteiger partial charge in [0.2, 0.25) is 5.91 Å². The molecule has 0 aliphatic carbocycles. The molecular formula is C25H26N2O3. The van der Waals surface area contributed by atoms with Gasteiger partial charge < -0.3 is 15.4 Å². The molecule has 0 saturated heterocycles. The van der Waals surface area contributed by atoms with Crippen molar-refractivity contribution in [2.75, 3.05) is 19.0 Å². The third-order valence-electron chi connectivity index (χ3n) is 4.75. The molecule has 0 aliphatic rings. The molecule has 0 unspecified atom stereocenters. The first-order valence-electron chi connectivity index (χ1n) is 10.0. The average Bonchev–Trinajstić information content (AvgIpc) is 2.79. The van der Waals surface area contributed by atoms with Gasteiger partial charge in [-0.25, -0.2) is 0 Å². The van der Waals surface area contributed by atoms with Gasteiger partial charge in [-0.15, -0.1) is 0 Å². The van der Waals surface area contributed by atoms with Crippen molar-refractivity contribution >= 4 is 17.5 Å². The summed E-state index contributed by atoms with van der Waals surface area (Å²) in [6, 6.07) is 24.9. The number of amides is 2. The Morgan fingerprint density at radius 2 is 1.47 bits per heavy atom. The van der Waals surface area contributed by atoms with Crippen LogP contribution in [-0.2, 0) is 17.6 Å². The molecule has 154 valence electrons. The van der Waals surface area contributed by atoms with E-state index in [-0.39, 0.29) is 11.8 Å². The molecule has 0 fully saturated rings. The third-order valence-corrected chi connectivity index (χ3v) is 4.75. The molecule has 0 heterocycles. The molecule has 2 N–H and O–H groups in total. The van der Waals surface area contributed by atoms with E-state index in [4.69, 9.17) is 4.74 Å². The van der Waals surface area contributed by atoms with Crippen LogP contribution < -0.4 is 15.4 Å². The van der Waals surface area contributed by atoms with E-state index < -0.39 is 0 Å². The van der Waals surface area contributed by atoms with E-state index in [2.05, 4.69) is 22.8 Å². The van der Waals surface area contributed by atoms with Crippen LogP contribution in [0, 0.1) is 0 Å². The highest BCUT2D eigenvalue weighted by molar-refractivity contribution is 6.06. The summed E-state index contributed by atoms with van der Waals surface area (Å²) in [5.41, 5.74) is 3.43. The van der Waals surface area contributed by atoms with E-state index in [9.17, 15) is 9.59 Å². The Morgan fingerprint density at radius 3 is 2.20 bits per heavy atom. The lowest BCUT2D eigenvalue weighted by atomic mass is 10.1. The topological polar surface area (TPSA) is 67.4 Å². The van der Waals surface area contributed by atoms with Crippen molar-refractivity contribution < 1.29 is 14.3 Å². The number of anilines is 1. The van der Waals surface area contributed by atoms with E-state index in [0.29, 0.717) is 36.4 Å². The monoisotopic (exact) mass is 402 g/mol. The largest absolute Gasteiger partial charge is 0.492 e. The lowest BCUT2D eigenvalue weighted by molar-refractivity contribution is -0.120. The van der Waals surface area contributed by atoms with Gasteiger partial charge in [-0.3, -0.25) is 9.59 Å². The fourth-order valence-electron chi connectivity index (χ4n) is 3.04. The Morgan fingerprint density at radius 1 is 0.800 bits per heavy atom. The van der Waals surface area contributed by atoms with Gasteiger partial charge in [0.15, 0.2) is 0 Å². The van der Waals surface area contributed by atoms with Crippen molar-refractivity contribution in [1.82, 2.24) is 5.32 Å². The predicted molar refractivity (Wildman–Crippen MR) is 119 cm³/mol. The zero-order chi connectivity index (χ0) is 21.2. The van der Waals surface area contributed by atoms with Crippen LogP contribution in [0.4, 0.5) is 5.69 Å². The number of para-hydroxylation sites is 1. The van der Waals surface area contributed by atoms with Gasteiger partial charge in [0, 0.05) is 25.6 Å². The fraction of sp³-hybridized carbons (Fsp3) is 0.200. The van der Waals surface area contributed by atoms with E-state index in [1.54, 1.807) is 13.1 Å². The molecule has 30 heavy (non-hydrogen) atoms. The summed E-state index contributed by atoms with van der Waals surface area (Å²) in [4.78, 5) is 24.1. The number of aryl methyl sites for hydroxylation is 1. The first-order valence-corrected chi connectivity index (χ1v) is 10.0.